The number of nitrogens with zero attached hydrogens (tertiary/aromatic N) is 2. The van der Waals surface area contributed by atoms with Gasteiger partial charge in [0.2, 0.25) is 0 Å². The van der Waals surface area contributed by atoms with Crippen molar-refractivity contribution in [2.24, 2.45) is 0 Å². The van der Waals surface area contributed by atoms with Crippen LogP contribution < -0.4 is 5.32 Å². The van der Waals surface area contributed by atoms with Crippen molar-refractivity contribution in [1.29, 1.82) is 0 Å². The first-order valence-electron chi connectivity index (χ1n) is 8.24. The predicted molar refractivity (Wildman–Crippen MR) is 83.3 cm³/mol. The van der Waals surface area contributed by atoms with Crippen LogP contribution in [0.4, 0.5) is 0 Å². The van der Waals surface area contributed by atoms with E-state index in [1.165, 1.54) is 5.69 Å². The topological polar surface area (TPSA) is 48.3 Å². The van der Waals surface area contributed by atoms with Gasteiger partial charge in [-0.3, -0.25) is 4.68 Å². The lowest BCUT2D eigenvalue weighted by atomic mass is 9.83. The zero-order valence-electron chi connectivity index (χ0n) is 13.6. The Kier molecular flexibility index (Phi) is 6.21. The summed E-state index contributed by atoms with van der Waals surface area (Å²) in [6, 6.07) is 2.29. The van der Waals surface area contributed by atoms with Crippen molar-refractivity contribution in [3.8, 4) is 0 Å². The van der Waals surface area contributed by atoms with E-state index in [9.17, 15) is 0 Å². The highest BCUT2D eigenvalue weighted by molar-refractivity contribution is 5.14. The molecular weight excluding hydrogens is 266 g/mol. The molecule has 1 atom stereocenters. The highest BCUT2D eigenvalue weighted by Gasteiger charge is 2.43. The van der Waals surface area contributed by atoms with E-state index in [2.05, 4.69) is 41.9 Å². The number of hydrogen-bond acceptors (Lipinski definition) is 4. The molecule has 120 valence electrons. The summed E-state index contributed by atoms with van der Waals surface area (Å²) in [6.45, 7) is 10.5. The lowest BCUT2D eigenvalue weighted by molar-refractivity contribution is -0.129. The van der Waals surface area contributed by atoms with Crippen LogP contribution in [0.15, 0.2) is 12.3 Å². The summed E-state index contributed by atoms with van der Waals surface area (Å²) in [4.78, 5) is 0. The maximum Gasteiger partial charge on any atom is 0.0935 e. The lowest BCUT2D eigenvalue weighted by Crippen LogP contribution is -2.50. The fraction of sp³-hybridized carbons (Fsp3) is 0.812. The molecule has 1 aromatic heterocycles. The summed E-state index contributed by atoms with van der Waals surface area (Å²) < 4.78 is 13.9. The molecule has 1 aliphatic rings. The smallest absolute Gasteiger partial charge is 0.0935 e. The Morgan fingerprint density at radius 3 is 2.76 bits per heavy atom. The van der Waals surface area contributed by atoms with E-state index in [1.54, 1.807) is 0 Å². The quantitative estimate of drug-likeness (QED) is 0.800. The number of likely N-dealkylation sites (N-methyl/N-ethyl adjacent to an activating group) is 1. The molecular formula is C16H29N3O2. The molecule has 0 saturated carbocycles. The highest BCUT2D eigenvalue weighted by atomic mass is 16.5. The van der Waals surface area contributed by atoms with Crippen LogP contribution in [-0.2, 0) is 16.0 Å². The third-order valence-corrected chi connectivity index (χ3v) is 4.19. The fourth-order valence-electron chi connectivity index (χ4n) is 3.27. The van der Waals surface area contributed by atoms with Gasteiger partial charge in [-0.2, -0.15) is 5.10 Å². The molecule has 21 heavy (non-hydrogen) atoms. The second-order valence-corrected chi connectivity index (χ2v) is 5.58. The van der Waals surface area contributed by atoms with Crippen molar-refractivity contribution in [2.75, 3.05) is 26.4 Å². The van der Waals surface area contributed by atoms with Gasteiger partial charge in [-0.25, -0.2) is 0 Å². The van der Waals surface area contributed by atoms with Gasteiger partial charge in [0.05, 0.1) is 17.3 Å². The second kappa shape index (κ2) is 7.92. The number of ether oxygens (including phenoxy) is 2. The van der Waals surface area contributed by atoms with Crippen LogP contribution >= 0.6 is 0 Å². The van der Waals surface area contributed by atoms with Crippen LogP contribution in [0.5, 0.6) is 0 Å². The van der Waals surface area contributed by atoms with Gasteiger partial charge >= 0.3 is 0 Å². The summed E-state index contributed by atoms with van der Waals surface area (Å²) in [5.41, 5.74) is 1.04. The van der Waals surface area contributed by atoms with Gasteiger partial charge in [0.15, 0.2) is 0 Å². The minimum absolute atomic E-state index is 0.167. The SMILES string of the molecule is CCCn1nccc1C(NCC)C1(OCC)CCOCC1. The number of nitrogens with one attached hydrogen (secondary N) is 1. The molecule has 1 fully saturated rings. The van der Waals surface area contributed by atoms with Crippen molar-refractivity contribution >= 4 is 0 Å². The first-order valence-corrected chi connectivity index (χ1v) is 8.24. The summed E-state index contributed by atoms with van der Waals surface area (Å²) in [5, 5.41) is 8.12. The van der Waals surface area contributed by atoms with E-state index in [0.717, 1.165) is 52.2 Å². The first kappa shape index (κ1) is 16.5. The highest BCUT2D eigenvalue weighted by Crippen LogP contribution is 2.37. The molecule has 1 unspecified atom stereocenters. The first-order chi connectivity index (χ1) is 10.3. The normalized spacial score (nSPS) is 19.6. The Morgan fingerprint density at radius 1 is 1.38 bits per heavy atom. The summed E-state index contributed by atoms with van der Waals surface area (Å²) >= 11 is 0. The molecule has 1 N–H and O–H groups in total. The van der Waals surface area contributed by atoms with E-state index in [-0.39, 0.29) is 11.6 Å². The summed E-state index contributed by atoms with van der Waals surface area (Å²) in [7, 11) is 0. The number of rotatable bonds is 8. The Labute approximate surface area is 128 Å². The number of aromatic nitrogens is 2. The average Bonchev–Trinajstić information content (AvgIpc) is 2.94. The Balaban J connectivity index is 2.32. The van der Waals surface area contributed by atoms with Crippen LogP contribution in [0.3, 0.4) is 0 Å². The molecule has 0 bridgehead atoms. The molecule has 5 heteroatoms. The van der Waals surface area contributed by atoms with Crippen molar-refractivity contribution in [1.82, 2.24) is 15.1 Å². The zero-order chi connectivity index (χ0) is 15.1. The largest absolute Gasteiger partial charge is 0.381 e. The predicted octanol–water partition coefficient (Wildman–Crippen LogP) is 2.53. The monoisotopic (exact) mass is 295 g/mol. The minimum Gasteiger partial charge on any atom is -0.381 e. The number of hydrogen-bond donors (Lipinski definition) is 1. The van der Waals surface area contributed by atoms with Gasteiger partial charge in [0, 0.05) is 45.4 Å². The Hall–Kier alpha value is -0.910. The van der Waals surface area contributed by atoms with E-state index >= 15 is 0 Å². The van der Waals surface area contributed by atoms with Gasteiger partial charge in [0.25, 0.3) is 0 Å². The molecule has 5 nitrogen and oxygen atoms in total. The molecule has 1 saturated heterocycles. The molecule has 1 aliphatic heterocycles. The Morgan fingerprint density at radius 2 is 2.14 bits per heavy atom. The number of aryl methyl sites for hydroxylation is 1. The third kappa shape index (κ3) is 3.65. The maximum absolute atomic E-state index is 6.26. The van der Waals surface area contributed by atoms with Gasteiger partial charge < -0.3 is 14.8 Å². The van der Waals surface area contributed by atoms with Gasteiger partial charge in [-0.15, -0.1) is 0 Å². The van der Waals surface area contributed by atoms with Crippen LogP contribution in [0.2, 0.25) is 0 Å². The van der Waals surface area contributed by atoms with Crippen LogP contribution in [0, 0.1) is 0 Å². The maximum atomic E-state index is 6.26. The van der Waals surface area contributed by atoms with Crippen LogP contribution in [0.25, 0.3) is 0 Å². The molecule has 0 aromatic carbocycles. The molecule has 0 aliphatic carbocycles. The zero-order valence-corrected chi connectivity index (χ0v) is 13.6. The average molecular weight is 295 g/mol. The van der Waals surface area contributed by atoms with Gasteiger partial charge in [-0.05, 0) is 26.0 Å². The molecule has 0 spiro atoms. The molecule has 1 aromatic rings. The van der Waals surface area contributed by atoms with E-state index in [0.29, 0.717) is 0 Å². The van der Waals surface area contributed by atoms with E-state index in [4.69, 9.17) is 9.47 Å². The minimum atomic E-state index is -0.186. The second-order valence-electron chi connectivity index (χ2n) is 5.58. The van der Waals surface area contributed by atoms with Gasteiger partial charge in [-0.1, -0.05) is 13.8 Å². The summed E-state index contributed by atoms with van der Waals surface area (Å²) in [6.07, 6.45) is 4.83. The van der Waals surface area contributed by atoms with E-state index in [1.807, 2.05) is 6.20 Å². The molecule has 2 rings (SSSR count). The summed E-state index contributed by atoms with van der Waals surface area (Å²) in [5.74, 6) is 0. The third-order valence-electron chi connectivity index (χ3n) is 4.19. The van der Waals surface area contributed by atoms with Crippen LogP contribution in [-0.4, -0.2) is 41.7 Å². The fourth-order valence-corrected chi connectivity index (χ4v) is 3.27. The molecule has 0 amide bonds. The van der Waals surface area contributed by atoms with Crippen molar-refractivity contribution in [3.05, 3.63) is 18.0 Å². The van der Waals surface area contributed by atoms with Crippen molar-refractivity contribution < 1.29 is 9.47 Å². The standard InChI is InChI=1S/C16H29N3O2/c1-4-11-19-14(7-10-18-19)15(17-5-2)16(21-6-3)8-12-20-13-9-16/h7,10,15,17H,4-6,8-9,11-13H2,1-3H3. The van der Waals surface area contributed by atoms with Crippen LogP contribution in [0.1, 0.15) is 51.8 Å². The van der Waals surface area contributed by atoms with Gasteiger partial charge in [0.1, 0.15) is 0 Å². The van der Waals surface area contributed by atoms with Crippen molar-refractivity contribution in [2.45, 2.75) is 58.2 Å². The van der Waals surface area contributed by atoms with E-state index < -0.39 is 0 Å². The molecule has 2 heterocycles. The lowest BCUT2D eigenvalue weighted by Gasteiger charge is -2.43. The van der Waals surface area contributed by atoms with Crippen molar-refractivity contribution in [3.63, 3.8) is 0 Å². The molecule has 0 radical (unpaired) electrons. The Bertz CT molecular complexity index is 408.